The van der Waals surface area contributed by atoms with Gasteiger partial charge in [-0.15, -0.1) is 11.3 Å². The fourth-order valence-electron chi connectivity index (χ4n) is 2.24. The van der Waals surface area contributed by atoms with Crippen LogP contribution < -0.4 is 10.6 Å². The van der Waals surface area contributed by atoms with Gasteiger partial charge in [0.15, 0.2) is 0 Å². The molecule has 21 heavy (non-hydrogen) atoms. The zero-order valence-corrected chi connectivity index (χ0v) is 13.8. The van der Waals surface area contributed by atoms with Crippen LogP contribution in [0, 0.1) is 6.92 Å². The second-order valence-electron chi connectivity index (χ2n) is 5.82. The standard InChI is InChI=1S/C17H22N2OS/c1-12-10-13(7-8-14(12)18-4)16(20)19-11-17(2,3)15-6-5-9-21-15/h5-10,18H,11H2,1-4H3,(H,19,20). The summed E-state index contributed by atoms with van der Waals surface area (Å²) in [5.74, 6) is -0.0228. The van der Waals surface area contributed by atoms with Gasteiger partial charge in [0.2, 0.25) is 0 Å². The van der Waals surface area contributed by atoms with E-state index in [9.17, 15) is 4.79 Å². The quantitative estimate of drug-likeness (QED) is 0.882. The van der Waals surface area contributed by atoms with Gasteiger partial charge in [-0.3, -0.25) is 4.79 Å². The molecule has 0 bridgehead atoms. The molecule has 0 saturated carbocycles. The normalized spacial score (nSPS) is 11.2. The van der Waals surface area contributed by atoms with Crippen molar-refractivity contribution in [3.63, 3.8) is 0 Å². The van der Waals surface area contributed by atoms with E-state index in [0.29, 0.717) is 12.1 Å². The summed E-state index contributed by atoms with van der Waals surface area (Å²) in [4.78, 5) is 13.6. The van der Waals surface area contributed by atoms with Crippen LogP contribution in [-0.2, 0) is 5.41 Å². The second kappa shape index (κ2) is 6.31. The first-order chi connectivity index (χ1) is 9.94. The van der Waals surface area contributed by atoms with E-state index in [4.69, 9.17) is 0 Å². The molecular formula is C17H22N2OS. The molecule has 0 fully saturated rings. The first kappa shape index (κ1) is 15.6. The predicted octanol–water partition coefficient (Wildman–Crippen LogP) is 3.81. The Balaban J connectivity index is 2.03. The first-order valence-electron chi connectivity index (χ1n) is 7.04. The minimum Gasteiger partial charge on any atom is -0.388 e. The van der Waals surface area contributed by atoms with Crippen molar-refractivity contribution in [2.75, 3.05) is 18.9 Å². The third-order valence-electron chi connectivity index (χ3n) is 3.64. The maximum absolute atomic E-state index is 12.3. The lowest BCUT2D eigenvalue weighted by Gasteiger charge is -2.23. The van der Waals surface area contributed by atoms with Crippen molar-refractivity contribution >= 4 is 22.9 Å². The highest BCUT2D eigenvalue weighted by Crippen LogP contribution is 2.26. The molecule has 3 nitrogen and oxygen atoms in total. The number of amides is 1. The first-order valence-corrected chi connectivity index (χ1v) is 7.92. The van der Waals surface area contributed by atoms with Crippen LogP contribution in [0.1, 0.15) is 34.6 Å². The van der Waals surface area contributed by atoms with E-state index in [2.05, 4.69) is 35.9 Å². The molecule has 0 radical (unpaired) electrons. The van der Waals surface area contributed by atoms with Gasteiger partial charge in [0.25, 0.3) is 5.91 Å². The van der Waals surface area contributed by atoms with E-state index in [1.165, 1.54) is 4.88 Å². The number of carbonyl (C=O) groups is 1. The third kappa shape index (κ3) is 3.64. The average molecular weight is 302 g/mol. The Labute approximate surface area is 130 Å². The summed E-state index contributed by atoms with van der Waals surface area (Å²) < 4.78 is 0. The van der Waals surface area contributed by atoms with Crippen LogP contribution in [0.4, 0.5) is 5.69 Å². The van der Waals surface area contributed by atoms with Crippen molar-refractivity contribution in [1.29, 1.82) is 0 Å². The lowest BCUT2D eigenvalue weighted by Crippen LogP contribution is -2.36. The number of carbonyl (C=O) groups excluding carboxylic acids is 1. The number of hydrogen-bond donors (Lipinski definition) is 2. The molecule has 4 heteroatoms. The highest BCUT2D eigenvalue weighted by atomic mass is 32.1. The van der Waals surface area contributed by atoms with E-state index in [0.717, 1.165) is 11.3 Å². The molecular weight excluding hydrogens is 280 g/mol. The molecule has 0 aliphatic rings. The maximum atomic E-state index is 12.3. The molecule has 112 valence electrons. The number of aryl methyl sites for hydroxylation is 1. The zero-order valence-electron chi connectivity index (χ0n) is 13.0. The van der Waals surface area contributed by atoms with Crippen LogP contribution in [0.5, 0.6) is 0 Å². The number of rotatable bonds is 5. The summed E-state index contributed by atoms with van der Waals surface area (Å²) >= 11 is 1.73. The van der Waals surface area contributed by atoms with Crippen LogP contribution in [-0.4, -0.2) is 19.5 Å². The zero-order chi connectivity index (χ0) is 15.5. The van der Waals surface area contributed by atoms with Gasteiger partial charge in [-0.25, -0.2) is 0 Å². The summed E-state index contributed by atoms with van der Waals surface area (Å²) in [6.45, 7) is 6.92. The molecule has 1 aromatic carbocycles. The molecule has 0 spiro atoms. The Morgan fingerprint density at radius 2 is 2.05 bits per heavy atom. The molecule has 1 heterocycles. The van der Waals surface area contributed by atoms with Crippen LogP contribution in [0.15, 0.2) is 35.7 Å². The molecule has 2 rings (SSSR count). The van der Waals surface area contributed by atoms with Crippen LogP contribution in [0.2, 0.25) is 0 Å². The van der Waals surface area contributed by atoms with Gasteiger partial charge in [0, 0.05) is 35.1 Å². The van der Waals surface area contributed by atoms with Gasteiger partial charge in [-0.05, 0) is 42.1 Å². The van der Waals surface area contributed by atoms with E-state index < -0.39 is 0 Å². The van der Waals surface area contributed by atoms with Gasteiger partial charge >= 0.3 is 0 Å². The topological polar surface area (TPSA) is 41.1 Å². The third-order valence-corrected chi connectivity index (χ3v) is 4.87. The molecule has 0 aliphatic heterocycles. The lowest BCUT2D eigenvalue weighted by molar-refractivity contribution is 0.0946. The molecule has 2 aromatic rings. The maximum Gasteiger partial charge on any atom is 0.251 e. The molecule has 0 aliphatic carbocycles. The van der Waals surface area contributed by atoms with Gasteiger partial charge in [-0.1, -0.05) is 19.9 Å². The van der Waals surface area contributed by atoms with Crippen molar-refractivity contribution < 1.29 is 4.79 Å². The van der Waals surface area contributed by atoms with E-state index >= 15 is 0 Å². The number of hydrogen-bond acceptors (Lipinski definition) is 3. The molecule has 0 unspecified atom stereocenters. The second-order valence-corrected chi connectivity index (χ2v) is 6.77. The van der Waals surface area contributed by atoms with E-state index in [1.54, 1.807) is 11.3 Å². The van der Waals surface area contributed by atoms with Gasteiger partial charge in [0.05, 0.1) is 0 Å². The Kier molecular flexibility index (Phi) is 4.68. The summed E-state index contributed by atoms with van der Waals surface area (Å²) in [6, 6.07) is 9.87. The number of anilines is 1. The SMILES string of the molecule is CNc1ccc(C(=O)NCC(C)(C)c2cccs2)cc1C. The highest BCUT2D eigenvalue weighted by Gasteiger charge is 2.22. The van der Waals surface area contributed by atoms with Crippen molar-refractivity contribution in [3.8, 4) is 0 Å². The number of benzene rings is 1. The number of thiophene rings is 1. The molecule has 1 amide bonds. The number of nitrogens with one attached hydrogen (secondary N) is 2. The van der Waals surface area contributed by atoms with Gasteiger partial charge in [0.1, 0.15) is 0 Å². The summed E-state index contributed by atoms with van der Waals surface area (Å²) in [5.41, 5.74) is 2.77. The van der Waals surface area contributed by atoms with Crippen LogP contribution in [0.3, 0.4) is 0 Å². The Hall–Kier alpha value is -1.81. The average Bonchev–Trinajstić information content (AvgIpc) is 2.99. The smallest absolute Gasteiger partial charge is 0.251 e. The molecule has 0 atom stereocenters. The van der Waals surface area contributed by atoms with Crippen molar-refractivity contribution in [1.82, 2.24) is 5.32 Å². The van der Waals surface area contributed by atoms with Gasteiger partial charge < -0.3 is 10.6 Å². The Morgan fingerprint density at radius 1 is 1.29 bits per heavy atom. The summed E-state index contributed by atoms with van der Waals surface area (Å²) in [6.07, 6.45) is 0. The fourth-order valence-corrected chi connectivity index (χ4v) is 3.09. The Morgan fingerprint density at radius 3 is 2.62 bits per heavy atom. The molecule has 2 N–H and O–H groups in total. The largest absolute Gasteiger partial charge is 0.388 e. The van der Waals surface area contributed by atoms with E-state index in [1.807, 2.05) is 38.2 Å². The van der Waals surface area contributed by atoms with Crippen molar-refractivity contribution in [2.45, 2.75) is 26.2 Å². The van der Waals surface area contributed by atoms with Crippen LogP contribution in [0.25, 0.3) is 0 Å². The Bertz CT molecular complexity index is 618. The molecule has 1 aromatic heterocycles. The predicted molar refractivity (Wildman–Crippen MR) is 90.4 cm³/mol. The lowest BCUT2D eigenvalue weighted by atomic mass is 9.91. The van der Waals surface area contributed by atoms with Crippen molar-refractivity contribution in [2.24, 2.45) is 0 Å². The highest BCUT2D eigenvalue weighted by molar-refractivity contribution is 7.10. The minimum atomic E-state index is -0.0518. The minimum absolute atomic E-state index is 0.0228. The summed E-state index contributed by atoms with van der Waals surface area (Å²) in [7, 11) is 1.88. The van der Waals surface area contributed by atoms with E-state index in [-0.39, 0.29) is 11.3 Å². The summed E-state index contributed by atoms with van der Waals surface area (Å²) in [5, 5.41) is 8.21. The van der Waals surface area contributed by atoms with Crippen LogP contribution >= 0.6 is 11.3 Å². The fraction of sp³-hybridized carbons (Fsp3) is 0.353. The van der Waals surface area contributed by atoms with Gasteiger partial charge in [-0.2, -0.15) is 0 Å². The monoisotopic (exact) mass is 302 g/mol. The van der Waals surface area contributed by atoms with Crippen molar-refractivity contribution in [3.05, 3.63) is 51.7 Å². The molecule has 0 saturated heterocycles.